The first-order chi connectivity index (χ1) is 13.7. The first-order valence-corrected chi connectivity index (χ1v) is 10.2. The number of rotatable bonds is 4. The Balaban J connectivity index is 0.00000240. The number of aromatic nitrogens is 3. The van der Waals surface area contributed by atoms with Gasteiger partial charge in [0.25, 0.3) is 0 Å². The summed E-state index contributed by atoms with van der Waals surface area (Å²) in [7, 11) is 1.88. The summed E-state index contributed by atoms with van der Waals surface area (Å²) in [5, 5.41) is 4.90. The number of guanidine groups is 1. The fraction of sp³-hybridized carbons (Fsp3) is 0.455. The van der Waals surface area contributed by atoms with Crippen molar-refractivity contribution in [3.05, 3.63) is 54.2 Å². The second-order valence-corrected chi connectivity index (χ2v) is 7.82. The van der Waals surface area contributed by atoms with Crippen LogP contribution in [0.15, 0.2) is 48.1 Å². The van der Waals surface area contributed by atoms with Crippen LogP contribution in [-0.4, -0.2) is 52.1 Å². The van der Waals surface area contributed by atoms with Crippen molar-refractivity contribution in [3.63, 3.8) is 0 Å². The third kappa shape index (κ3) is 4.60. The topological polar surface area (TPSA) is 61.2 Å². The number of halogens is 1. The summed E-state index contributed by atoms with van der Waals surface area (Å²) in [4.78, 5) is 14.6. The molecule has 1 aromatic carbocycles. The van der Waals surface area contributed by atoms with Crippen molar-refractivity contribution in [1.29, 1.82) is 0 Å². The van der Waals surface area contributed by atoms with Crippen LogP contribution in [0.2, 0.25) is 0 Å². The van der Waals surface area contributed by atoms with Gasteiger partial charge in [0.1, 0.15) is 0 Å². The van der Waals surface area contributed by atoms with Crippen LogP contribution in [0.1, 0.15) is 30.5 Å². The van der Waals surface area contributed by atoms with E-state index in [-0.39, 0.29) is 24.0 Å². The maximum Gasteiger partial charge on any atom is 0.193 e. The molecule has 0 bridgehead atoms. The van der Waals surface area contributed by atoms with Gasteiger partial charge in [-0.25, -0.2) is 4.98 Å². The number of nitrogens with one attached hydrogen (secondary N) is 2. The second kappa shape index (κ2) is 9.65. The van der Waals surface area contributed by atoms with E-state index in [1.165, 1.54) is 22.0 Å². The summed E-state index contributed by atoms with van der Waals surface area (Å²) < 4.78 is 2.23. The lowest BCUT2D eigenvalue weighted by Gasteiger charge is -2.39. The first kappa shape index (κ1) is 21.7. The van der Waals surface area contributed by atoms with E-state index in [9.17, 15) is 0 Å². The highest BCUT2D eigenvalue weighted by atomic mass is 127. The van der Waals surface area contributed by atoms with E-state index in [1.54, 1.807) is 0 Å². The summed E-state index contributed by atoms with van der Waals surface area (Å²) in [6.07, 6.45) is 10.1. The molecule has 1 fully saturated rings. The number of nitrogens with zero attached hydrogens (tertiary/aromatic N) is 4. The van der Waals surface area contributed by atoms with E-state index in [0.29, 0.717) is 12.0 Å². The number of para-hydroxylation sites is 1. The molecular weight excluding hydrogens is 475 g/mol. The average molecular weight is 506 g/mol. The Morgan fingerprint density at radius 2 is 2.24 bits per heavy atom. The number of benzene rings is 1. The summed E-state index contributed by atoms with van der Waals surface area (Å²) in [5.74, 6) is 1.63. The van der Waals surface area contributed by atoms with Crippen LogP contribution >= 0.6 is 24.0 Å². The van der Waals surface area contributed by atoms with Crippen molar-refractivity contribution >= 4 is 40.8 Å². The van der Waals surface area contributed by atoms with Crippen LogP contribution in [0, 0.1) is 12.8 Å². The van der Waals surface area contributed by atoms with Crippen LogP contribution in [0.3, 0.4) is 0 Å². The zero-order chi connectivity index (χ0) is 19.5. The first-order valence-electron chi connectivity index (χ1n) is 10.2. The maximum atomic E-state index is 4.55. The molecule has 0 amide bonds. The van der Waals surface area contributed by atoms with Gasteiger partial charge in [-0.05, 0) is 36.8 Å². The molecule has 2 atom stereocenters. The third-order valence-corrected chi connectivity index (χ3v) is 6.02. The zero-order valence-corrected chi connectivity index (χ0v) is 19.8. The Morgan fingerprint density at radius 1 is 1.38 bits per heavy atom. The number of likely N-dealkylation sites (tertiary alicyclic amines) is 1. The van der Waals surface area contributed by atoms with Crippen LogP contribution in [0.4, 0.5) is 0 Å². The molecule has 2 aromatic heterocycles. The number of aryl methyl sites for hydroxylation is 1. The van der Waals surface area contributed by atoms with Crippen LogP contribution in [0.5, 0.6) is 0 Å². The largest absolute Gasteiger partial charge is 0.361 e. The summed E-state index contributed by atoms with van der Waals surface area (Å²) in [6, 6.07) is 6.92. The summed E-state index contributed by atoms with van der Waals surface area (Å²) in [5.41, 5.74) is 3.89. The van der Waals surface area contributed by atoms with Crippen molar-refractivity contribution in [2.24, 2.45) is 10.9 Å². The van der Waals surface area contributed by atoms with Gasteiger partial charge in [0, 0.05) is 56.2 Å². The minimum Gasteiger partial charge on any atom is -0.361 e. The smallest absolute Gasteiger partial charge is 0.193 e. The van der Waals surface area contributed by atoms with Gasteiger partial charge >= 0.3 is 0 Å². The Bertz CT molecular complexity index is 946. The molecule has 1 aliphatic rings. The summed E-state index contributed by atoms with van der Waals surface area (Å²) in [6.45, 7) is 7.35. The van der Waals surface area contributed by atoms with Crippen molar-refractivity contribution in [2.45, 2.75) is 32.7 Å². The average Bonchev–Trinajstić information content (AvgIpc) is 3.37. The number of piperidine rings is 1. The third-order valence-electron chi connectivity index (χ3n) is 6.02. The van der Waals surface area contributed by atoms with Crippen molar-refractivity contribution in [1.82, 2.24) is 24.8 Å². The molecule has 3 heterocycles. The molecule has 29 heavy (non-hydrogen) atoms. The van der Waals surface area contributed by atoms with E-state index in [1.807, 2.05) is 19.6 Å². The minimum atomic E-state index is 0. The predicted molar refractivity (Wildman–Crippen MR) is 130 cm³/mol. The molecule has 7 heteroatoms. The lowest BCUT2D eigenvalue weighted by molar-refractivity contribution is 0.189. The lowest BCUT2D eigenvalue weighted by Crippen LogP contribution is -2.49. The normalized spacial score (nSPS) is 20.0. The molecule has 0 radical (unpaired) electrons. The van der Waals surface area contributed by atoms with Gasteiger partial charge in [0.2, 0.25) is 0 Å². The minimum absolute atomic E-state index is 0. The molecule has 2 unspecified atom stereocenters. The second-order valence-electron chi connectivity index (χ2n) is 7.82. The fourth-order valence-electron chi connectivity index (χ4n) is 4.31. The van der Waals surface area contributed by atoms with Gasteiger partial charge in [-0.2, -0.15) is 0 Å². The molecule has 1 saturated heterocycles. The Labute approximate surface area is 189 Å². The number of aliphatic imine (C=N–C) groups is 1. The van der Waals surface area contributed by atoms with E-state index >= 15 is 0 Å². The van der Waals surface area contributed by atoms with Gasteiger partial charge in [0.15, 0.2) is 5.96 Å². The lowest BCUT2D eigenvalue weighted by atomic mass is 9.93. The number of fused-ring (bicyclic) bond motifs is 1. The molecule has 0 aliphatic carbocycles. The quantitative estimate of drug-likeness (QED) is 0.320. The Hall–Kier alpha value is -2.03. The molecule has 3 aromatic rings. The highest BCUT2D eigenvalue weighted by Crippen LogP contribution is 2.27. The molecule has 0 spiro atoms. The maximum absolute atomic E-state index is 4.55. The predicted octanol–water partition coefficient (Wildman–Crippen LogP) is 3.99. The van der Waals surface area contributed by atoms with Crippen molar-refractivity contribution in [3.8, 4) is 0 Å². The Morgan fingerprint density at radius 3 is 3.00 bits per heavy atom. The molecule has 4 rings (SSSR count). The highest BCUT2D eigenvalue weighted by molar-refractivity contribution is 14.0. The number of aromatic amines is 1. The van der Waals surface area contributed by atoms with Gasteiger partial charge in [-0.3, -0.25) is 4.99 Å². The van der Waals surface area contributed by atoms with E-state index in [2.05, 4.69) is 74.2 Å². The van der Waals surface area contributed by atoms with Gasteiger partial charge < -0.3 is 19.8 Å². The number of hydrogen-bond acceptors (Lipinski definition) is 2. The van der Waals surface area contributed by atoms with Crippen molar-refractivity contribution < 1.29 is 0 Å². The van der Waals surface area contributed by atoms with E-state index in [0.717, 1.165) is 38.4 Å². The molecule has 6 nitrogen and oxygen atoms in total. The van der Waals surface area contributed by atoms with E-state index < -0.39 is 0 Å². The van der Waals surface area contributed by atoms with Crippen molar-refractivity contribution in [2.75, 3.05) is 26.7 Å². The zero-order valence-electron chi connectivity index (χ0n) is 17.4. The van der Waals surface area contributed by atoms with Gasteiger partial charge in [-0.1, -0.05) is 25.1 Å². The van der Waals surface area contributed by atoms with E-state index in [4.69, 9.17) is 0 Å². The van der Waals surface area contributed by atoms with Crippen LogP contribution in [-0.2, 0) is 6.42 Å². The standard InChI is InChI=1S/C22H30N6.HI/c1-16-8-11-27(14-20(16)28-12-10-24-15-28)22(23-3)25-9-7-18-13-26-21-17(2)5-4-6-19(18)21;/h4-6,10,12-13,15-16,20,26H,7-9,11,14H2,1-3H3,(H,23,25);1H. The molecule has 2 N–H and O–H groups in total. The van der Waals surface area contributed by atoms with Crippen LogP contribution < -0.4 is 5.32 Å². The SMILES string of the molecule is CN=C(NCCc1c[nH]c2c(C)cccc12)N1CCC(C)C(n2ccnc2)C1.I. The van der Waals surface area contributed by atoms with Crippen LogP contribution in [0.25, 0.3) is 10.9 Å². The molecule has 156 valence electrons. The molecule has 0 saturated carbocycles. The highest BCUT2D eigenvalue weighted by Gasteiger charge is 2.28. The Kier molecular flexibility index (Phi) is 7.21. The fourth-order valence-corrected chi connectivity index (χ4v) is 4.31. The molecule has 1 aliphatic heterocycles. The number of imidazole rings is 1. The number of H-pyrrole nitrogens is 1. The summed E-state index contributed by atoms with van der Waals surface area (Å²) >= 11 is 0. The van der Waals surface area contributed by atoms with Gasteiger partial charge in [0.05, 0.1) is 12.4 Å². The van der Waals surface area contributed by atoms with Gasteiger partial charge in [-0.15, -0.1) is 24.0 Å². The number of hydrogen-bond donors (Lipinski definition) is 2. The monoisotopic (exact) mass is 506 g/mol. The molecular formula is C22H31IN6.